The highest BCUT2D eigenvalue weighted by Gasteiger charge is 2.42. The summed E-state index contributed by atoms with van der Waals surface area (Å²) in [6.07, 6.45) is 0.488. The van der Waals surface area contributed by atoms with Crippen molar-refractivity contribution in [2.45, 2.75) is 12.5 Å². The van der Waals surface area contributed by atoms with E-state index < -0.39 is 0 Å². The monoisotopic (exact) mass is 427 g/mol. The summed E-state index contributed by atoms with van der Waals surface area (Å²) in [6, 6.07) is 14.4. The molecule has 1 aliphatic rings. The van der Waals surface area contributed by atoms with E-state index in [1.807, 2.05) is 30.3 Å². The number of aliphatic hydroxyl groups excluding tert-OH is 1. The van der Waals surface area contributed by atoms with Crippen LogP contribution in [0.3, 0.4) is 0 Å². The average molecular weight is 428 g/mol. The number of fused-ring (bicyclic) bond motifs is 1. The van der Waals surface area contributed by atoms with Crippen molar-refractivity contribution in [2.24, 2.45) is 0 Å². The molecule has 2 heterocycles. The Morgan fingerprint density at radius 3 is 2.59 bits per heavy atom. The van der Waals surface area contributed by atoms with Gasteiger partial charge in [-0.2, -0.15) is 5.10 Å². The van der Waals surface area contributed by atoms with Crippen molar-refractivity contribution in [1.29, 1.82) is 0 Å². The molecule has 0 saturated carbocycles. The summed E-state index contributed by atoms with van der Waals surface area (Å²) in [5.41, 5.74) is 3.27. The summed E-state index contributed by atoms with van der Waals surface area (Å²) in [4.78, 5) is 14.7. The number of aromatic amines is 1. The summed E-state index contributed by atoms with van der Waals surface area (Å²) in [5, 5.41) is 26.7. The van der Waals surface area contributed by atoms with E-state index in [4.69, 9.17) is 0 Å². The quantitative estimate of drug-likeness (QED) is 0.581. The molecule has 0 bridgehead atoms. The Balaban J connectivity index is 1.88. The van der Waals surface area contributed by atoms with Crippen LogP contribution < -0.4 is 0 Å². The molecular formula is C20H18BrN3O3. The van der Waals surface area contributed by atoms with Crippen molar-refractivity contribution in [2.75, 3.05) is 13.2 Å². The fraction of sp³-hybridized carbons (Fsp3) is 0.200. The molecule has 7 heteroatoms. The van der Waals surface area contributed by atoms with E-state index in [-0.39, 0.29) is 24.3 Å². The normalized spacial score (nSPS) is 16.0. The third-order valence-electron chi connectivity index (χ3n) is 4.77. The highest BCUT2D eigenvalue weighted by molar-refractivity contribution is 9.10. The first-order valence-corrected chi connectivity index (χ1v) is 9.45. The number of carbonyl (C=O) groups is 1. The number of benzene rings is 2. The number of nitrogens with zero attached hydrogens (tertiary/aromatic N) is 2. The van der Waals surface area contributed by atoms with Gasteiger partial charge in [-0.25, -0.2) is 0 Å². The van der Waals surface area contributed by atoms with Crippen LogP contribution in [0.1, 0.15) is 34.1 Å². The van der Waals surface area contributed by atoms with Crippen molar-refractivity contribution in [3.63, 3.8) is 0 Å². The average Bonchev–Trinajstić information content (AvgIpc) is 3.21. The number of amides is 1. The number of nitrogens with one attached hydrogen (secondary N) is 1. The van der Waals surface area contributed by atoms with Gasteiger partial charge in [0.1, 0.15) is 17.1 Å². The van der Waals surface area contributed by atoms with Crippen molar-refractivity contribution in [3.05, 3.63) is 69.8 Å². The first-order chi connectivity index (χ1) is 13.1. The van der Waals surface area contributed by atoms with Gasteiger partial charge in [0, 0.05) is 28.8 Å². The number of halogens is 1. The smallest absolute Gasteiger partial charge is 0.273 e. The van der Waals surface area contributed by atoms with Crippen molar-refractivity contribution in [3.8, 4) is 17.0 Å². The summed E-state index contributed by atoms with van der Waals surface area (Å²) in [6.45, 7) is 0.439. The van der Waals surface area contributed by atoms with Gasteiger partial charge >= 0.3 is 0 Å². The third-order valence-corrected chi connectivity index (χ3v) is 5.29. The number of hydrogen-bond acceptors (Lipinski definition) is 4. The highest BCUT2D eigenvalue weighted by Crippen LogP contribution is 2.44. The molecule has 0 fully saturated rings. The minimum atomic E-state index is -0.333. The summed E-state index contributed by atoms with van der Waals surface area (Å²) < 4.78 is 0.950. The van der Waals surface area contributed by atoms with Crippen LogP contribution in [0.2, 0.25) is 0 Å². The molecule has 0 radical (unpaired) electrons. The molecule has 1 aliphatic heterocycles. The molecule has 0 spiro atoms. The van der Waals surface area contributed by atoms with E-state index >= 15 is 0 Å². The van der Waals surface area contributed by atoms with Gasteiger partial charge in [0.25, 0.3) is 5.91 Å². The van der Waals surface area contributed by atoms with Gasteiger partial charge in [-0.05, 0) is 36.2 Å². The number of rotatable bonds is 5. The molecule has 2 aromatic carbocycles. The first-order valence-electron chi connectivity index (χ1n) is 8.65. The second kappa shape index (κ2) is 7.17. The van der Waals surface area contributed by atoms with Crippen LogP contribution in [0.15, 0.2) is 53.0 Å². The lowest BCUT2D eigenvalue weighted by atomic mass is 9.96. The molecular weight excluding hydrogens is 410 g/mol. The van der Waals surface area contributed by atoms with Gasteiger partial charge in [0.05, 0.1) is 6.04 Å². The first kappa shape index (κ1) is 17.8. The predicted octanol–water partition coefficient (Wildman–Crippen LogP) is 3.47. The number of carbonyl (C=O) groups excluding carboxylic acids is 1. The van der Waals surface area contributed by atoms with Crippen LogP contribution in [-0.2, 0) is 0 Å². The van der Waals surface area contributed by atoms with E-state index in [0.717, 1.165) is 15.6 Å². The number of phenolic OH excluding ortho intramolecular Hbond substituents is 1. The molecule has 4 rings (SSSR count). The van der Waals surface area contributed by atoms with Crippen LogP contribution in [0.25, 0.3) is 11.3 Å². The maximum atomic E-state index is 13.0. The maximum absolute atomic E-state index is 13.0. The predicted molar refractivity (Wildman–Crippen MR) is 104 cm³/mol. The van der Waals surface area contributed by atoms with Crippen molar-refractivity contribution < 1.29 is 15.0 Å². The van der Waals surface area contributed by atoms with Crippen molar-refractivity contribution in [1.82, 2.24) is 15.1 Å². The fourth-order valence-corrected chi connectivity index (χ4v) is 3.80. The standard InChI is InChI=1S/C20H18BrN3O3/c21-13-8-6-12(7-9-13)19-16-17(14-4-1-2-5-15(14)26)22-23-18(16)20(27)24(19)10-3-11-25/h1-2,4-9,19,25-26H,3,10-11H2,(H,22,23). The molecule has 0 aliphatic carbocycles. The summed E-state index contributed by atoms with van der Waals surface area (Å²) in [5.74, 6) is -0.0387. The molecule has 1 atom stereocenters. The van der Waals surface area contributed by atoms with Crippen LogP contribution in [0.4, 0.5) is 0 Å². The zero-order valence-electron chi connectivity index (χ0n) is 14.4. The molecule has 1 amide bonds. The topological polar surface area (TPSA) is 89.5 Å². The second-order valence-electron chi connectivity index (χ2n) is 6.41. The Morgan fingerprint density at radius 2 is 1.89 bits per heavy atom. The lowest BCUT2D eigenvalue weighted by molar-refractivity contribution is 0.0732. The highest BCUT2D eigenvalue weighted by atomic mass is 79.9. The molecule has 27 heavy (non-hydrogen) atoms. The van der Waals surface area contributed by atoms with E-state index in [1.165, 1.54) is 0 Å². The Kier molecular flexibility index (Phi) is 4.72. The minimum Gasteiger partial charge on any atom is -0.507 e. The minimum absolute atomic E-state index is 0.00928. The molecule has 1 unspecified atom stereocenters. The van der Waals surface area contributed by atoms with Gasteiger partial charge in [-0.3, -0.25) is 9.89 Å². The van der Waals surface area contributed by atoms with E-state index in [1.54, 1.807) is 23.1 Å². The SMILES string of the molecule is O=C1c2[nH]nc(-c3ccccc3O)c2C(c2ccc(Br)cc2)N1CCCO. The van der Waals surface area contributed by atoms with Gasteiger partial charge in [0.2, 0.25) is 0 Å². The Labute approximate surface area is 164 Å². The van der Waals surface area contributed by atoms with E-state index in [0.29, 0.717) is 29.9 Å². The number of phenols is 1. The Hall–Kier alpha value is -2.64. The number of aromatic nitrogens is 2. The molecule has 6 nitrogen and oxygen atoms in total. The van der Waals surface area contributed by atoms with Crippen molar-refractivity contribution >= 4 is 21.8 Å². The largest absolute Gasteiger partial charge is 0.507 e. The lowest BCUT2D eigenvalue weighted by Crippen LogP contribution is -2.31. The number of aromatic hydroxyl groups is 1. The number of hydrogen-bond donors (Lipinski definition) is 3. The van der Waals surface area contributed by atoms with Crippen LogP contribution >= 0.6 is 15.9 Å². The number of para-hydroxylation sites is 1. The Bertz CT molecular complexity index is 984. The molecule has 1 aromatic heterocycles. The van der Waals surface area contributed by atoms with E-state index in [2.05, 4.69) is 26.1 Å². The number of aliphatic hydroxyl groups is 1. The molecule has 3 aromatic rings. The third kappa shape index (κ3) is 3.02. The maximum Gasteiger partial charge on any atom is 0.273 e. The van der Waals surface area contributed by atoms with Gasteiger partial charge < -0.3 is 15.1 Å². The van der Waals surface area contributed by atoms with Crippen LogP contribution in [0, 0.1) is 0 Å². The van der Waals surface area contributed by atoms with Gasteiger partial charge in [-0.15, -0.1) is 0 Å². The zero-order valence-corrected chi connectivity index (χ0v) is 16.0. The lowest BCUT2D eigenvalue weighted by Gasteiger charge is -2.26. The van der Waals surface area contributed by atoms with Crippen LogP contribution in [0.5, 0.6) is 5.75 Å². The molecule has 3 N–H and O–H groups in total. The zero-order chi connectivity index (χ0) is 19.0. The summed E-state index contributed by atoms with van der Waals surface area (Å²) >= 11 is 3.44. The fourth-order valence-electron chi connectivity index (χ4n) is 3.54. The Morgan fingerprint density at radius 1 is 1.15 bits per heavy atom. The van der Waals surface area contributed by atoms with Gasteiger partial charge in [0.15, 0.2) is 0 Å². The van der Waals surface area contributed by atoms with E-state index in [9.17, 15) is 15.0 Å². The summed E-state index contributed by atoms with van der Waals surface area (Å²) in [7, 11) is 0. The van der Waals surface area contributed by atoms with Gasteiger partial charge in [-0.1, -0.05) is 40.2 Å². The molecule has 0 saturated heterocycles. The second-order valence-corrected chi connectivity index (χ2v) is 7.32. The number of H-pyrrole nitrogens is 1. The van der Waals surface area contributed by atoms with Crippen LogP contribution in [-0.4, -0.2) is 44.4 Å². The molecule has 138 valence electrons.